The third-order valence-corrected chi connectivity index (χ3v) is 4.96. The van der Waals surface area contributed by atoms with Crippen molar-refractivity contribution in [3.8, 4) is 11.5 Å². The van der Waals surface area contributed by atoms with E-state index in [9.17, 15) is 4.79 Å². The summed E-state index contributed by atoms with van der Waals surface area (Å²) < 4.78 is 11.6. The van der Waals surface area contributed by atoms with Crippen LogP contribution in [0.15, 0.2) is 47.4 Å². The molecule has 0 saturated heterocycles. The van der Waals surface area contributed by atoms with Crippen LogP contribution in [0, 0.1) is 3.57 Å². The number of rotatable bonds is 6. The third kappa shape index (κ3) is 5.04. The molecule has 0 aliphatic carbocycles. The monoisotopic (exact) mass is 443 g/mol. The molecule has 0 aliphatic rings. The number of benzene rings is 2. The van der Waals surface area contributed by atoms with Crippen LogP contribution >= 0.6 is 34.4 Å². The largest absolute Gasteiger partial charge is 0.493 e. The van der Waals surface area contributed by atoms with Crippen molar-refractivity contribution >= 4 is 45.9 Å². The molecule has 1 unspecified atom stereocenters. The second-order valence-corrected chi connectivity index (χ2v) is 7.43. The quantitative estimate of drug-likeness (QED) is 0.530. The van der Waals surface area contributed by atoms with Gasteiger partial charge in [-0.05, 0) is 72.0 Å². The zero-order chi connectivity index (χ0) is 16.8. The van der Waals surface area contributed by atoms with Crippen LogP contribution in [-0.2, 0) is 4.79 Å². The van der Waals surface area contributed by atoms with Gasteiger partial charge in [0.15, 0.2) is 11.5 Å². The second kappa shape index (κ2) is 8.44. The van der Waals surface area contributed by atoms with Gasteiger partial charge in [0.2, 0.25) is 5.91 Å². The Morgan fingerprint density at radius 3 is 2.35 bits per heavy atom. The Kier molecular flexibility index (Phi) is 6.59. The molecule has 2 aromatic carbocycles. The van der Waals surface area contributed by atoms with Crippen LogP contribution in [0.4, 0.5) is 5.69 Å². The highest BCUT2D eigenvalue weighted by atomic mass is 127. The Balaban J connectivity index is 2.01. The number of nitrogens with one attached hydrogen (secondary N) is 1. The Hall–Kier alpha value is -1.41. The van der Waals surface area contributed by atoms with Gasteiger partial charge in [-0.25, -0.2) is 0 Å². The van der Waals surface area contributed by atoms with Crippen LogP contribution in [0.5, 0.6) is 11.5 Å². The standard InChI is InChI=1S/C17H18INO3S/c1-11(17(20)19-13-6-4-12(18)5-7-13)23-14-8-9-15(21-2)16(10-14)22-3/h4-11H,1-3H3,(H,19,20). The van der Waals surface area contributed by atoms with Gasteiger partial charge in [-0.1, -0.05) is 0 Å². The van der Waals surface area contributed by atoms with Crippen molar-refractivity contribution in [2.45, 2.75) is 17.1 Å². The number of halogens is 1. The fourth-order valence-electron chi connectivity index (χ4n) is 1.92. The lowest BCUT2D eigenvalue weighted by atomic mass is 10.3. The van der Waals surface area contributed by atoms with Crippen molar-refractivity contribution in [1.29, 1.82) is 0 Å². The zero-order valence-corrected chi connectivity index (χ0v) is 16.1. The van der Waals surface area contributed by atoms with Crippen LogP contribution in [0.2, 0.25) is 0 Å². The number of hydrogen-bond acceptors (Lipinski definition) is 4. The number of anilines is 1. The molecule has 0 fully saturated rings. The van der Waals surface area contributed by atoms with Gasteiger partial charge in [-0.3, -0.25) is 4.79 Å². The van der Waals surface area contributed by atoms with Gasteiger partial charge >= 0.3 is 0 Å². The Bertz CT molecular complexity index is 676. The Labute approximate surface area is 154 Å². The Morgan fingerprint density at radius 1 is 1.09 bits per heavy atom. The number of carbonyl (C=O) groups is 1. The van der Waals surface area contributed by atoms with Crippen LogP contribution < -0.4 is 14.8 Å². The van der Waals surface area contributed by atoms with E-state index < -0.39 is 0 Å². The molecule has 0 aliphatic heterocycles. The van der Waals surface area contributed by atoms with Crippen LogP contribution in [0.1, 0.15) is 6.92 Å². The van der Waals surface area contributed by atoms with E-state index >= 15 is 0 Å². The highest BCUT2D eigenvalue weighted by Gasteiger charge is 2.16. The van der Waals surface area contributed by atoms with Gasteiger partial charge < -0.3 is 14.8 Å². The molecule has 2 aromatic rings. The summed E-state index contributed by atoms with van der Waals surface area (Å²) in [7, 11) is 3.20. The predicted octanol–water partition coefficient (Wildman–Crippen LogP) is 4.43. The lowest BCUT2D eigenvalue weighted by Gasteiger charge is -2.14. The van der Waals surface area contributed by atoms with E-state index in [0.717, 1.165) is 14.2 Å². The highest BCUT2D eigenvalue weighted by molar-refractivity contribution is 14.1. The highest BCUT2D eigenvalue weighted by Crippen LogP contribution is 2.33. The number of thioether (sulfide) groups is 1. The van der Waals surface area contributed by atoms with Crippen LogP contribution in [0.3, 0.4) is 0 Å². The first-order valence-corrected chi connectivity index (χ1v) is 8.94. The fraction of sp³-hybridized carbons (Fsp3) is 0.235. The minimum Gasteiger partial charge on any atom is -0.493 e. The predicted molar refractivity (Wildman–Crippen MR) is 103 cm³/mol. The van der Waals surface area contributed by atoms with E-state index in [0.29, 0.717) is 11.5 Å². The third-order valence-electron chi connectivity index (χ3n) is 3.15. The van der Waals surface area contributed by atoms with Gasteiger partial charge in [-0.15, -0.1) is 11.8 Å². The number of amides is 1. The summed E-state index contributed by atoms with van der Waals surface area (Å²) in [4.78, 5) is 13.2. The zero-order valence-electron chi connectivity index (χ0n) is 13.1. The van der Waals surface area contributed by atoms with E-state index in [2.05, 4.69) is 27.9 Å². The fourth-order valence-corrected chi connectivity index (χ4v) is 3.18. The van der Waals surface area contributed by atoms with Gasteiger partial charge in [0.05, 0.1) is 19.5 Å². The lowest BCUT2D eigenvalue weighted by Crippen LogP contribution is -2.22. The van der Waals surface area contributed by atoms with Crippen molar-refractivity contribution < 1.29 is 14.3 Å². The van der Waals surface area contributed by atoms with E-state index in [-0.39, 0.29) is 11.2 Å². The summed E-state index contributed by atoms with van der Waals surface area (Å²) in [6.45, 7) is 1.88. The molecule has 0 aromatic heterocycles. The van der Waals surface area contributed by atoms with Crippen LogP contribution in [-0.4, -0.2) is 25.4 Å². The lowest BCUT2D eigenvalue weighted by molar-refractivity contribution is -0.115. The number of carbonyl (C=O) groups excluding carboxylic acids is 1. The number of methoxy groups -OCH3 is 2. The normalized spacial score (nSPS) is 11.7. The first-order chi connectivity index (χ1) is 11.0. The van der Waals surface area contributed by atoms with E-state index in [1.807, 2.05) is 49.4 Å². The molecule has 1 N–H and O–H groups in total. The smallest absolute Gasteiger partial charge is 0.237 e. The van der Waals surface area contributed by atoms with Crippen LogP contribution in [0.25, 0.3) is 0 Å². The van der Waals surface area contributed by atoms with Gasteiger partial charge in [0.1, 0.15) is 0 Å². The first-order valence-electron chi connectivity index (χ1n) is 6.98. The molecule has 122 valence electrons. The van der Waals surface area contributed by atoms with E-state index in [1.165, 1.54) is 11.8 Å². The van der Waals surface area contributed by atoms with Gasteiger partial charge in [-0.2, -0.15) is 0 Å². The van der Waals surface area contributed by atoms with Crippen molar-refractivity contribution in [3.05, 3.63) is 46.0 Å². The molecule has 2 rings (SSSR count). The molecule has 23 heavy (non-hydrogen) atoms. The molecular weight excluding hydrogens is 425 g/mol. The maximum absolute atomic E-state index is 12.3. The molecule has 1 amide bonds. The SMILES string of the molecule is COc1ccc(SC(C)C(=O)Nc2ccc(I)cc2)cc1OC. The minimum absolute atomic E-state index is 0.0361. The molecule has 0 spiro atoms. The molecule has 0 bridgehead atoms. The average molecular weight is 443 g/mol. The Morgan fingerprint density at radius 2 is 1.74 bits per heavy atom. The summed E-state index contributed by atoms with van der Waals surface area (Å²) in [5, 5.41) is 2.69. The minimum atomic E-state index is -0.229. The molecule has 0 radical (unpaired) electrons. The summed E-state index contributed by atoms with van der Waals surface area (Å²) in [5.74, 6) is 1.29. The van der Waals surface area contributed by atoms with Gasteiger partial charge in [0.25, 0.3) is 0 Å². The van der Waals surface area contributed by atoms with Crippen molar-refractivity contribution in [2.75, 3.05) is 19.5 Å². The summed E-state index contributed by atoms with van der Waals surface area (Å²) in [5.41, 5.74) is 0.801. The summed E-state index contributed by atoms with van der Waals surface area (Å²) >= 11 is 3.71. The topological polar surface area (TPSA) is 47.6 Å². The van der Waals surface area contributed by atoms with Gasteiger partial charge in [0, 0.05) is 14.2 Å². The summed E-state index contributed by atoms with van der Waals surface area (Å²) in [6.07, 6.45) is 0. The molecule has 4 nitrogen and oxygen atoms in total. The molecule has 1 atom stereocenters. The molecule has 0 heterocycles. The molecule has 0 saturated carbocycles. The average Bonchev–Trinajstić information content (AvgIpc) is 2.56. The molecule has 6 heteroatoms. The van der Waals surface area contributed by atoms with Crippen molar-refractivity contribution in [2.24, 2.45) is 0 Å². The summed E-state index contributed by atoms with van der Waals surface area (Å²) in [6, 6.07) is 13.3. The van der Waals surface area contributed by atoms with Crippen molar-refractivity contribution in [3.63, 3.8) is 0 Å². The number of hydrogen-bond donors (Lipinski definition) is 1. The molecular formula is C17H18INO3S. The number of ether oxygens (including phenoxy) is 2. The first kappa shape index (κ1) is 17.9. The van der Waals surface area contributed by atoms with E-state index in [1.54, 1.807) is 14.2 Å². The van der Waals surface area contributed by atoms with E-state index in [4.69, 9.17) is 9.47 Å². The second-order valence-electron chi connectivity index (χ2n) is 4.77. The maximum atomic E-state index is 12.3. The van der Waals surface area contributed by atoms with Crippen molar-refractivity contribution in [1.82, 2.24) is 0 Å². The maximum Gasteiger partial charge on any atom is 0.237 e.